The van der Waals surface area contributed by atoms with E-state index in [9.17, 15) is 9.18 Å². The van der Waals surface area contributed by atoms with Crippen LogP contribution >= 0.6 is 0 Å². The van der Waals surface area contributed by atoms with Gasteiger partial charge in [0.2, 0.25) is 0 Å². The first-order valence-corrected chi connectivity index (χ1v) is 6.66. The fourth-order valence-corrected chi connectivity index (χ4v) is 1.95. The molecular weight excluding hydrogens is 247 g/mol. The van der Waals surface area contributed by atoms with Crippen LogP contribution < -0.4 is 0 Å². The molecule has 0 saturated heterocycles. The summed E-state index contributed by atoms with van der Waals surface area (Å²) in [5.74, 6) is -0.868. The zero-order valence-electron chi connectivity index (χ0n) is 11.3. The monoisotopic (exact) mass is 268 g/mol. The third-order valence-electron chi connectivity index (χ3n) is 3.08. The summed E-state index contributed by atoms with van der Waals surface area (Å²) < 4.78 is 18.3. The van der Waals surface area contributed by atoms with Gasteiger partial charge in [-0.15, -0.1) is 0 Å². The number of carbonyl (C=O) groups is 1. The minimum atomic E-state index is -0.519. The molecule has 4 heteroatoms. The predicted molar refractivity (Wildman–Crippen MR) is 71.6 cm³/mol. The topological polar surface area (TPSA) is 46.5 Å². The number of esters is 1. The molecule has 1 aromatic carbocycles. The summed E-state index contributed by atoms with van der Waals surface area (Å²) in [4.78, 5) is 11.2. The highest BCUT2D eigenvalue weighted by Gasteiger charge is 2.09. The lowest BCUT2D eigenvalue weighted by molar-refractivity contribution is 0.0600. The molecule has 0 aliphatic heterocycles. The number of carbonyl (C=O) groups excluding carboxylic acids is 1. The van der Waals surface area contributed by atoms with Gasteiger partial charge in [-0.1, -0.05) is 25.3 Å². The van der Waals surface area contributed by atoms with Gasteiger partial charge in [-0.05, 0) is 37.0 Å². The number of methoxy groups -OCH3 is 1. The Balaban J connectivity index is 2.40. The van der Waals surface area contributed by atoms with Crippen molar-refractivity contribution in [3.05, 3.63) is 35.1 Å². The maximum Gasteiger partial charge on any atom is 0.337 e. The molecule has 19 heavy (non-hydrogen) atoms. The molecule has 0 atom stereocenters. The number of ether oxygens (including phenoxy) is 1. The van der Waals surface area contributed by atoms with Crippen molar-refractivity contribution in [2.45, 2.75) is 38.5 Å². The van der Waals surface area contributed by atoms with E-state index in [4.69, 9.17) is 5.11 Å². The summed E-state index contributed by atoms with van der Waals surface area (Å²) in [5.41, 5.74) is 0.876. The van der Waals surface area contributed by atoms with Crippen LogP contribution in [0.2, 0.25) is 0 Å². The molecule has 0 aliphatic carbocycles. The SMILES string of the molecule is COC(=O)c1ccc(CCCCCCCO)c(F)c1. The molecule has 0 heterocycles. The Morgan fingerprint density at radius 3 is 2.53 bits per heavy atom. The molecule has 0 amide bonds. The molecule has 1 N–H and O–H groups in total. The van der Waals surface area contributed by atoms with Crippen molar-refractivity contribution in [1.82, 2.24) is 0 Å². The number of benzene rings is 1. The van der Waals surface area contributed by atoms with Crippen LogP contribution in [0.5, 0.6) is 0 Å². The molecule has 1 aromatic rings. The molecule has 0 unspecified atom stereocenters. The van der Waals surface area contributed by atoms with Crippen LogP contribution in [-0.2, 0) is 11.2 Å². The molecule has 0 aromatic heterocycles. The predicted octanol–water partition coefficient (Wildman–Crippen LogP) is 3.10. The minimum absolute atomic E-state index is 0.240. The van der Waals surface area contributed by atoms with E-state index < -0.39 is 5.97 Å². The fourth-order valence-electron chi connectivity index (χ4n) is 1.95. The van der Waals surface area contributed by atoms with E-state index in [1.165, 1.54) is 13.2 Å². The van der Waals surface area contributed by atoms with Crippen LogP contribution in [0.4, 0.5) is 4.39 Å². The molecule has 1 rings (SSSR count). The van der Waals surface area contributed by atoms with Crippen molar-refractivity contribution in [3.8, 4) is 0 Å². The molecule has 106 valence electrons. The molecule has 0 aliphatic rings. The zero-order valence-corrected chi connectivity index (χ0v) is 11.3. The second kappa shape index (κ2) is 8.64. The van der Waals surface area contributed by atoms with E-state index in [1.54, 1.807) is 12.1 Å². The van der Waals surface area contributed by atoms with E-state index in [0.717, 1.165) is 32.1 Å². The van der Waals surface area contributed by atoms with E-state index in [-0.39, 0.29) is 18.0 Å². The van der Waals surface area contributed by atoms with Gasteiger partial charge in [-0.25, -0.2) is 9.18 Å². The number of aliphatic hydroxyl groups excluding tert-OH is 1. The quantitative estimate of drug-likeness (QED) is 0.582. The highest BCUT2D eigenvalue weighted by atomic mass is 19.1. The number of hydrogen-bond acceptors (Lipinski definition) is 3. The third kappa shape index (κ3) is 5.39. The number of aliphatic hydroxyl groups is 1. The van der Waals surface area contributed by atoms with Gasteiger partial charge < -0.3 is 9.84 Å². The Morgan fingerprint density at radius 1 is 1.21 bits per heavy atom. The first-order valence-electron chi connectivity index (χ1n) is 6.66. The summed E-state index contributed by atoms with van der Waals surface area (Å²) in [6.45, 7) is 0.240. The molecule has 0 fully saturated rings. The molecule has 0 radical (unpaired) electrons. The number of hydrogen-bond donors (Lipinski definition) is 1. The lowest BCUT2D eigenvalue weighted by atomic mass is 10.0. The minimum Gasteiger partial charge on any atom is -0.465 e. The van der Waals surface area contributed by atoms with Crippen LogP contribution in [0.25, 0.3) is 0 Å². The normalized spacial score (nSPS) is 10.5. The standard InChI is InChI=1S/C15H21FO3/c1-19-15(18)13-9-8-12(14(16)11-13)7-5-3-2-4-6-10-17/h8-9,11,17H,2-7,10H2,1H3. The average Bonchev–Trinajstić information content (AvgIpc) is 2.43. The Labute approximate surface area is 113 Å². The van der Waals surface area contributed by atoms with E-state index in [0.29, 0.717) is 12.0 Å². The fraction of sp³-hybridized carbons (Fsp3) is 0.533. The highest BCUT2D eigenvalue weighted by molar-refractivity contribution is 5.89. The molecular formula is C15H21FO3. The maximum absolute atomic E-state index is 13.7. The van der Waals surface area contributed by atoms with Crippen molar-refractivity contribution in [1.29, 1.82) is 0 Å². The lowest BCUT2D eigenvalue weighted by Gasteiger charge is -2.05. The van der Waals surface area contributed by atoms with Crippen molar-refractivity contribution < 1.29 is 19.0 Å². The molecule has 0 spiro atoms. The number of aryl methyl sites for hydroxylation is 1. The lowest BCUT2D eigenvalue weighted by Crippen LogP contribution is -2.03. The van der Waals surface area contributed by atoms with E-state index in [2.05, 4.69) is 4.74 Å². The molecule has 0 saturated carbocycles. The number of rotatable bonds is 8. The summed E-state index contributed by atoms with van der Waals surface area (Å²) in [6.07, 6.45) is 5.52. The Bertz CT molecular complexity index is 404. The van der Waals surface area contributed by atoms with Crippen LogP contribution in [-0.4, -0.2) is 24.8 Å². The zero-order chi connectivity index (χ0) is 14.1. The Kier molecular flexibility index (Phi) is 7.11. The largest absolute Gasteiger partial charge is 0.465 e. The first kappa shape index (κ1) is 15.6. The van der Waals surface area contributed by atoms with Crippen molar-refractivity contribution in [3.63, 3.8) is 0 Å². The van der Waals surface area contributed by atoms with E-state index >= 15 is 0 Å². The number of halogens is 1. The van der Waals surface area contributed by atoms with Gasteiger partial charge in [-0.2, -0.15) is 0 Å². The van der Waals surface area contributed by atoms with Crippen molar-refractivity contribution >= 4 is 5.97 Å². The second-order valence-corrected chi connectivity index (χ2v) is 4.54. The summed E-state index contributed by atoms with van der Waals surface area (Å²) in [5, 5.41) is 8.64. The van der Waals surface area contributed by atoms with Crippen LogP contribution in [0.1, 0.15) is 48.0 Å². The Hall–Kier alpha value is -1.42. The summed E-state index contributed by atoms with van der Waals surface area (Å²) in [6, 6.07) is 4.47. The summed E-state index contributed by atoms with van der Waals surface area (Å²) >= 11 is 0. The molecule has 0 bridgehead atoms. The highest BCUT2D eigenvalue weighted by Crippen LogP contribution is 2.15. The number of unbranched alkanes of at least 4 members (excludes halogenated alkanes) is 4. The van der Waals surface area contributed by atoms with E-state index in [1.807, 2.05) is 0 Å². The Morgan fingerprint density at radius 2 is 1.89 bits per heavy atom. The van der Waals surface area contributed by atoms with Crippen molar-refractivity contribution in [2.24, 2.45) is 0 Å². The van der Waals surface area contributed by atoms with Crippen LogP contribution in [0, 0.1) is 5.82 Å². The third-order valence-corrected chi connectivity index (χ3v) is 3.08. The van der Waals surface area contributed by atoms with Crippen LogP contribution in [0.15, 0.2) is 18.2 Å². The first-order chi connectivity index (χ1) is 9.19. The van der Waals surface area contributed by atoms with Gasteiger partial charge in [-0.3, -0.25) is 0 Å². The van der Waals surface area contributed by atoms with Gasteiger partial charge >= 0.3 is 5.97 Å². The maximum atomic E-state index is 13.7. The van der Waals surface area contributed by atoms with Crippen molar-refractivity contribution in [2.75, 3.05) is 13.7 Å². The average molecular weight is 268 g/mol. The summed E-state index contributed by atoms with van der Waals surface area (Å²) in [7, 11) is 1.28. The van der Waals surface area contributed by atoms with Gasteiger partial charge in [0.25, 0.3) is 0 Å². The second-order valence-electron chi connectivity index (χ2n) is 4.54. The van der Waals surface area contributed by atoms with Crippen LogP contribution in [0.3, 0.4) is 0 Å². The smallest absolute Gasteiger partial charge is 0.337 e. The molecule has 3 nitrogen and oxygen atoms in total. The van der Waals surface area contributed by atoms with Gasteiger partial charge in [0.1, 0.15) is 5.82 Å². The van der Waals surface area contributed by atoms with Gasteiger partial charge in [0.05, 0.1) is 12.7 Å². The van der Waals surface area contributed by atoms with Gasteiger partial charge in [0, 0.05) is 6.61 Å². The van der Waals surface area contributed by atoms with Gasteiger partial charge in [0.15, 0.2) is 0 Å².